The summed E-state index contributed by atoms with van der Waals surface area (Å²) in [6.07, 6.45) is 1.83. The van der Waals surface area contributed by atoms with E-state index in [-0.39, 0.29) is 18.1 Å². The van der Waals surface area contributed by atoms with Crippen LogP contribution in [0.5, 0.6) is 5.75 Å². The summed E-state index contributed by atoms with van der Waals surface area (Å²) in [5, 5.41) is 9.69. The quantitative estimate of drug-likeness (QED) is 0.467. The molecule has 0 saturated carbocycles. The second kappa shape index (κ2) is 10.2. The van der Waals surface area contributed by atoms with E-state index in [2.05, 4.69) is 4.99 Å². The Labute approximate surface area is 196 Å². The molecule has 0 spiro atoms. The van der Waals surface area contributed by atoms with E-state index in [1.807, 2.05) is 67.6 Å². The molecule has 0 radical (unpaired) electrons. The number of thioether (sulfide) groups is 1. The zero-order valence-electron chi connectivity index (χ0n) is 18.0. The number of hydrogen-bond acceptors (Lipinski definition) is 5. The van der Waals surface area contributed by atoms with Gasteiger partial charge in [0.2, 0.25) is 0 Å². The SMILES string of the molecule is CCN1C(=O)/C(=C/c2ccccc2OCc2ccc(C(=O)O)cc2)SC1=Nc1ccccc1. The molecule has 0 bridgehead atoms. The Kier molecular flexibility index (Phi) is 6.90. The fraction of sp³-hybridized carbons (Fsp3) is 0.115. The average molecular weight is 459 g/mol. The summed E-state index contributed by atoms with van der Waals surface area (Å²) in [5.41, 5.74) is 2.66. The summed E-state index contributed by atoms with van der Waals surface area (Å²) in [5.74, 6) is -0.414. The lowest BCUT2D eigenvalue weighted by molar-refractivity contribution is -0.122. The van der Waals surface area contributed by atoms with Gasteiger partial charge in [0.1, 0.15) is 12.4 Å². The first kappa shape index (κ1) is 22.4. The van der Waals surface area contributed by atoms with E-state index in [0.29, 0.717) is 22.4 Å². The third-order valence-corrected chi connectivity index (χ3v) is 5.99. The van der Waals surface area contributed by atoms with Gasteiger partial charge in [0.15, 0.2) is 5.17 Å². The van der Waals surface area contributed by atoms with Crippen molar-refractivity contribution in [2.45, 2.75) is 13.5 Å². The van der Waals surface area contributed by atoms with Crippen LogP contribution in [0.2, 0.25) is 0 Å². The monoisotopic (exact) mass is 458 g/mol. The molecule has 33 heavy (non-hydrogen) atoms. The Morgan fingerprint density at radius 2 is 1.73 bits per heavy atom. The Bertz CT molecular complexity index is 1220. The van der Waals surface area contributed by atoms with Crippen molar-refractivity contribution in [3.8, 4) is 5.75 Å². The number of amidine groups is 1. The molecule has 0 aromatic heterocycles. The van der Waals surface area contributed by atoms with Gasteiger partial charge in [-0.05, 0) is 60.7 Å². The number of benzene rings is 3. The normalized spacial score (nSPS) is 15.9. The van der Waals surface area contributed by atoms with E-state index < -0.39 is 5.97 Å². The van der Waals surface area contributed by atoms with Crippen LogP contribution in [0.1, 0.15) is 28.4 Å². The average Bonchev–Trinajstić information content (AvgIpc) is 3.13. The smallest absolute Gasteiger partial charge is 0.335 e. The van der Waals surface area contributed by atoms with E-state index >= 15 is 0 Å². The lowest BCUT2D eigenvalue weighted by Gasteiger charge is -2.12. The molecule has 1 saturated heterocycles. The van der Waals surface area contributed by atoms with E-state index in [4.69, 9.17) is 9.84 Å². The van der Waals surface area contributed by atoms with Crippen molar-refractivity contribution in [2.75, 3.05) is 6.54 Å². The molecule has 1 aliphatic rings. The highest BCUT2D eigenvalue weighted by atomic mass is 32.2. The number of para-hydroxylation sites is 2. The summed E-state index contributed by atoms with van der Waals surface area (Å²) in [6, 6.07) is 23.6. The second-order valence-corrected chi connectivity index (χ2v) is 8.23. The Morgan fingerprint density at radius 1 is 1.03 bits per heavy atom. The maximum atomic E-state index is 13.0. The maximum absolute atomic E-state index is 13.0. The van der Waals surface area contributed by atoms with Gasteiger partial charge in [-0.1, -0.05) is 48.5 Å². The largest absolute Gasteiger partial charge is 0.488 e. The van der Waals surface area contributed by atoms with Crippen LogP contribution < -0.4 is 4.74 Å². The number of carbonyl (C=O) groups is 2. The van der Waals surface area contributed by atoms with Gasteiger partial charge < -0.3 is 9.84 Å². The highest BCUT2D eigenvalue weighted by Gasteiger charge is 2.32. The molecular formula is C26H22N2O4S. The van der Waals surface area contributed by atoms with Crippen molar-refractivity contribution in [3.05, 3.63) is 100 Å². The topological polar surface area (TPSA) is 79.2 Å². The van der Waals surface area contributed by atoms with Gasteiger partial charge in [-0.25, -0.2) is 9.79 Å². The molecule has 1 amide bonds. The number of likely N-dealkylation sites (N-methyl/N-ethyl adjacent to an activating group) is 1. The maximum Gasteiger partial charge on any atom is 0.335 e. The number of carbonyl (C=O) groups excluding carboxylic acids is 1. The molecule has 166 valence electrons. The molecule has 0 unspecified atom stereocenters. The van der Waals surface area contributed by atoms with Crippen molar-refractivity contribution >= 4 is 40.6 Å². The standard InChI is InChI=1S/C26H22N2O4S/c1-2-28-24(29)23(33-26(28)27-21-9-4-3-5-10-21)16-20-8-6-7-11-22(20)32-17-18-12-14-19(15-13-18)25(30)31/h3-16H,2,17H2,1H3,(H,30,31)/b23-16-,27-26?. The number of carboxylic acid groups (broad SMARTS) is 1. The highest BCUT2D eigenvalue weighted by Crippen LogP contribution is 2.35. The van der Waals surface area contributed by atoms with E-state index in [1.54, 1.807) is 29.2 Å². The number of carboxylic acids is 1. The number of nitrogens with zero attached hydrogens (tertiary/aromatic N) is 2. The summed E-state index contributed by atoms with van der Waals surface area (Å²) < 4.78 is 5.99. The summed E-state index contributed by atoms with van der Waals surface area (Å²) in [6.45, 7) is 2.73. The van der Waals surface area contributed by atoms with E-state index in [0.717, 1.165) is 16.8 Å². The molecule has 7 heteroatoms. The van der Waals surface area contributed by atoms with Gasteiger partial charge in [0.25, 0.3) is 5.91 Å². The number of amides is 1. The Morgan fingerprint density at radius 3 is 2.42 bits per heavy atom. The fourth-order valence-corrected chi connectivity index (χ4v) is 4.31. The first-order valence-corrected chi connectivity index (χ1v) is 11.3. The molecule has 0 atom stereocenters. The summed E-state index contributed by atoms with van der Waals surface area (Å²) >= 11 is 1.34. The van der Waals surface area contributed by atoms with Crippen LogP contribution in [-0.4, -0.2) is 33.6 Å². The lowest BCUT2D eigenvalue weighted by Crippen LogP contribution is -2.28. The van der Waals surface area contributed by atoms with Crippen LogP contribution in [0, 0.1) is 0 Å². The molecule has 0 aliphatic carbocycles. The Balaban J connectivity index is 1.55. The van der Waals surface area contributed by atoms with Crippen molar-refractivity contribution in [1.29, 1.82) is 0 Å². The minimum Gasteiger partial charge on any atom is -0.488 e. The van der Waals surface area contributed by atoms with Crippen LogP contribution in [-0.2, 0) is 11.4 Å². The van der Waals surface area contributed by atoms with Crippen molar-refractivity contribution in [3.63, 3.8) is 0 Å². The van der Waals surface area contributed by atoms with Crippen LogP contribution in [0.25, 0.3) is 6.08 Å². The molecule has 3 aromatic rings. The van der Waals surface area contributed by atoms with Crippen LogP contribution >= 0.6 is 11.8 Å². The van der Waals surface area contributed by atoms with Crippen molar-refractivity contribution in [2.24, 2.45) is 4.99 Å². The van der Waals surface area contributed by atoms with Crippen LogP contribution in [0.3, 0.4) is 0 Å². The Hall–Kier alpha value is -3.84. The minimum atomic E-state index is -0.963. The number of aromatic carboxylic acids is 1. The van der Waals surface area contributed by atoms with E-state index in [1.165, 1.54) is 11.8 Å². The number of hydrogen-bond donors (Lipinski definition) is 1. The van der Waals surface area contributed by atoms with Gasteiger partial charge in [-0.3, -0.25) is 9.69 Å². The second-order valence-electron chi connectivity index (χ2n) is 7.22. The van der Waals surface area contributed by atoms with Gasteiger partial charge in [-0.2, -0.15) is 0 Å². The third-order valence-electron chi connectivity index (χ3n) is 4.99. The molecule has 1 aliphatic heterocycles. The molecule has 4 rings (SSSR count). The first-order chi connectivity index (χ1) is 16.0. The summed E-state index contributed by atoms with van der Waals surface area (Å²) in [7, 11) is 0. The van der Waals surface area contributed by atoms with Crippen molar-refractivity contribution in [1.82, 2.24) is 4.90 Å². The number of aliphatic imine (C=N–C) groups is 1. The van der Waals surface area contributed by atoms with Gasteiger partial charge in [0.05, 0.1) is 16.2 Å². The lowest BCUT2D eigenvalue weighted by atomic mass is 10.1. The van der Waals surface area contributed by atoms with Gasteiger partial charge >= 0.3 is 5.97 Å². The third kappa shape index (κ3) is 5.32. The highest BCUT2D eigenvalue weighted by molar-refractivity contribution is 8.18. The molecule has 3 aromatic carbocycles. The predicted octanol–water partition coefficient (Wildman–Crippen LogP) is 5.59. The molecule has 6 nitrogen and oxygen atoms in total. The number of ether oxygens (including phenoxy) is 1. The van der Waals surface area contributed by atoms with Crippen molar-refractivity contribution < 1.29 is 19.4 Å². The molecule has 1 fully saturated rings. The first-order valence-electron chi connectivity index (χ1n) is 10.4. The fourth-order valence-electron chi connectivity index (χ4n) is 3.26. The minimum absolute atomic E-state index is 0.0868. The van der Waals surface area contributed by atoms with Crippen LogP contribution in [0.15, 0.2) is 88.8 Å². The molecule has 1 heterocycles. The molecule has 1 N–H and O–H groups in total. The van der Waals surface area contributed by atoms with Gasteiger partial charge in [0, 0.05) is 12.1 Å². The van der Waals surface area contributed by atoms with Gasteiger partial charge in [-0.15, -0.1) is 0 Å². The summed E-state index contributed by atoms with van der Waals surface area (Å²) in [4.78, 5) is 30.9. The molecular weight excluding hydrogens is 436 g/mol. The van der Waals surface area contributed by atoms with Crippen LogP contribution in [0.4, 0.5) is 5.69 Å². The predicted molar refractivity (Wildman–Crippen MR) is 131 cm³/mol. The van der Waals surface area contributed by atoms with E-state index in [9.17, 15) is 9.59 Å². The zero-order chi connectivity index (χ0) is 23.2. The number of rotatable bonds is 7. The zero-order valence-corrected chi connectivity index (χ0v) is 18.8.